The summed E-state index contributed by atoms with van der Waals surface area (Å²) in [5.74, 6) is -1.23. The Morgan fingerprint density at radius 3 is 2.46 bits per heavy atom. The van der Waals surface area contributed by atoms with Gasteiger partial charge in [-0.25, -0.2) is 0 Å². The first kappa shape index (κ1) is 9.63. The molecular formula is C8H10N2O3. The Kier molecular flexibility index (Phi) is 2.94. The number of carbonyl (C=O) groups is 1. The largest absolute Gasteiger partial charge is 0.480 e. The fourth-order valence-corrected chi connectivity index (χ4v) is 0.903. The molecule has 1 aromatic rings. The number of pyridine rings is 1. The summed E-state index contributed by atoms with van der Waals surface area (Å²) in [5.41, 5.74) is 5.67. The van der Waals surface area contributed by atoms with Crippen LogP contribution >= 0.6 is 0 Å². The van der Waals surface area contributed by atoms with Crippen LogP contribution in [0.2, 0.25) is 0 Å². The summed E-state index contributed by atoms with van der Waals surface area (Å²) in [7, 11) is 0. The number of nitrogens with two attached hydrogens (primary N) is 1. The number of aliphatic carboxylic acids is 1. The van der Waals surface area contributed by atoms with Crippen molar-refractivity contribution in [2.75, 3.05) is 0 Å². The van der Waals surface area contributed by atoms with Gasteiger partial charge in [-0.3, -0.25) is 9.78 Å². The highest BCUT2D eigenvalue weighted by molar-refractivity contribution is 5.74. The summed E-state index contributed by atoms with van der Waals surface area (Å²) in [6, 6.07) is 1.74. The molecule has 1 heterocycles. The first-order chi connectivity index (χ1) is 6.13. The van der Waals surface area contributed by atoms with Gasteiger partial charge in [-0.2, -0.15) is 0 Å². The van der Waals surface area contributed by atoms with E-state index in [4.69, 9.17) is 10.8 Å². The lowest BCUT2D eigenvalue weighted by atomic mass is 10.0. The topological polar surface area (TPSA) is 96.4 Å². The summed E-state index contributed by atoms with van der Waals surface area (Å²) in [4.78, 5) is 14.1. The number of carboxylic acid groups (broad SMARTS) is 1. The van der Waals surface area contributed by atoms with Crippen molar-refractivity contribution in [3.63, 3.8) is 0 Å². The number of aromatic nitrogens is 1. The van der Waals surface area contributed by atoms with Crippen LogP contribution in [0, 0.1) is 0 Å². The Balaban J connectivity index is 2.79. The highest BCUT2D eigenvalue weighted by Gasteiger charge is 2.22. The first-order valence-corrected chi connectivity index (χ1v) is 3.69. The van der Waals surface area contributed by atoms with Gasteiger partial charge in [0, 0.05) is 12.4 Å². The van der Waals surface area contributed by atoms with Crippen molar-refractivity contribution >= 4 is 5.97 Å². The van der Waals surface area contributed by atoms with E-state index in [1.54, 1.807) is 0 Å². The van der Waals surface area contributed by atoms with E-state index >= 15 is 0 Å². The van der Waals surface area contributed by atoms with Gasteiger partial charge in [0.2, 0.25) is 0 Å². The molecule has 5 nitrogen and oxygen atoms in total. The molecule has 0 aromatic carbocycles. The van der Waals surface area contributed by atoms with E-state index in [1.165, 1.54) is 24.5 Å². The highest BCUT2D eigenvalue weighted by Crippen LogP contribution is 2.13. The van der Waals surface area contributed by atoms with Crippen LogP contribution in [-0.4, -0.2) is 27.2 Å². The van der Waals surface area contributed by atoms with Gasteiger partial charge in [0.1, 0.15) is 12.1 Å². The van der Waals surface area contributed by atoms with Crippen LogP contribution in [0.3, 0.4) is 0 Å². The Bertz CT molecular complexity index is 289. The van der Waals surface area contributed by atoms with Crippen LogP contribution in [0.1, 0.15) is 11.7 Å². The maximum Gasteiger partial charge on any atom is 0.323 e. The summed E-state index contributed by atoms with van der Waals surface area (Å²) in [6.45, 7) is 0. The van der Waals surface area contributed by atoms with Crippen LogP contribution in [0.4, 0.5) is 0 Å². The molecule has 2 unspecified atom stereocenters. The lowest BCUT2D eigenvalue weighted by Gasteiger charge is -2.14. The van der Waals surface area contributed by atoms with Crippen molar-refractivity contribution in [2.45, 2.75) is 12.1 Å². The van der Waals surface area contributed by atoms with Crippen LogP contribution in [0.5, 0.6) is 0 Å². The molecule has 0 saturated heterocycles. The second-order valence-corrected chi connectivity index (χ2v) is 2.59. The first-order valence-electron chi connectivity index (χ1n) is 3.69. The molecular weight excluding hydrogens is 172 g/mol. The third-order valence-corrected chi connectivity index (χ3v) is 1.67. The lowest BCUT2D eigenvalue weighted by Crippen LogP contribution is -2.36. The van der Waals surface area contributed by atoms with Gasteiger partial charge in [-0.15, -0.1) is 0 Å². The summed E-state index contributed by atoms with van der Waals surface area (Å²) < 4.78 is 0. The van der Waals surface area contributed by atoms with Gasteiger partial charge in [-0.1, -0.05) is 0 Å². The van der Waals surface area contributed by atoms with E-state index < -0.39 is 18.1 Å². The minimum Gasteiger partial charge on any atom is -0.480 e. The van der Waals surface area contributed by atoms with E-state index in [1.807, 2.05) is 0 Å². The standard InChI is InChI=1S/C8H10N2O3/c9-6(8(12)13)7(11)5-1-3-10-4-2-5/h1-4,6-7,11H,9H2,(H,12,13). The minimum absolute atomic E-state index is 0.449. The van der Waals surface area contributed by atoms with Gasteiger partial charge in [0.15, 0.2) is 0 Å². The molecule has 0 bridgehead atoms. The predicted octanol–water partition coefficient (Wildman–Crippen LogP) is -0.473. The van der Waals surface area contributed by atoms with E-state index in [9.17, 15) is 9.90 Å². The van der Waals surface area contributed by atoms with Gasteiger partial charge in [0.05, 0.1) is 0 Å². The van der Waals surface area contributed by atoms with E-state index in [0.717, 1.165) is 0 Å². The lowest BCUT2D eigenvalue weighted by molar-refractivity contribution is -0.141. The van der Waals surface area contributed by atoms with Crippen molar-refractivity contribution < 1.29 is 15.0 Å². The summed E-state index contributed by atoms with van der Waals surface area (Å²) in [6.07, 6.45) is 1.74. The summed E-state index contributed by atoms with van der Waals surface area (Å²) >= 11 is 0. The molecule has 0 aliphatic rings. The number of hydrogen-bond donors (Lipinski definition) is 3. The maximum atomic E-state index is 10.4. The molecule has 0 spiro atoms. The second-order valence-electron chi connectivity index (χ2n) is 2.59. The van der Waals surface area contributed by atoms with Crippen LogP contribution < -0.4 is 5.73 Å². The molecule has 0 saturated carbocycles. The average molecular weight is 182 g/mol. The van der Waals surface area contributed by atoms with Crippen molar-refractivity contribution in [1.29, 1.82) is 0 Å². The molecule has 0 aliphatic heterocycles. The molecule has 13 heavy (non-hydrogen) atoms. The number of aliphatic hydroxyl groups is 1. The highest BCUT2D eigenvalue weighted by atomic mass is 16.4. The van der Waals surface area contributed by atoms with Gasteiger partial charge >= 0.3 is 5.97 Å². The second kappa shape index (κ2) is 3.97. The number of hydrogen-bond acceptors (Lipinski definition) is 4. The minimum atomic E-state index is -1.30. The zero-order chi connectivity index (χ0) is 9.84. The number of rotatable bonds is 3. The van der Waals surface area contributed by atoms with Gasteiger partial charge in [0.25, 0.3) is 0 Å². The van der Waals surface area contributed by atoms with Crippen molar-refractivity contribution in [2.24, 2.45) is 5.73 Å². The smallest absolute Gasteiger partial charge is 0.323 e. The molecule has 4 N–H and O–H groups in total. The fraction of sp³-hybridized carbons (Fsp3) is 0.250. The summed E-state index contributed by atoms with van der Waals surface area (Å²) in [5, 5.41) is 17.9. The van der Waals surface area contributed by atoms with Crippen LogP contribution in [0.25, 0.3) is 0 Å². The molecule has 0 amide bonds. The monoisotopic (exact) mass is 182 g/mol. The third-order valence-electron chi connectivity index (χ3n) is 1.67. The molecule has 1 aromatic heterocycles. The Morgan fingerprint density at radius 2 is 2.00 bits per heavy atom. The third kappa shape index (κ3) is 2.24. The predicted molar refractivity (Wildman–Crippen MR) is 44.8 cm³/mol. The molecule has 0 fully saturated rings. The molecule has 2 atom stereocenters. The number of carboxylic acids is 1. The Hall–Kier alpha value is -1.46. The van der Waals surface area contributed by atoms with Gasteiger partial charge < -0.3 is 15.9 Å². The van der Waals surface area contributed by atoms with Crippen molar-refractivity contribution in [3.05, 3.63) is 30.1 Å². The SMILES string of the molecule is NC(C(=O)O)C(O)c1ccncc1. The van der Waals surface area contributed by atoms with E-state index in [2.05, 4.69) is 4.98 Å². The zero-order valence-corrected chi connectivity index (χ0v) is 6.79. The normalized spacial score (nSPS) is 14.9. The van der Waals surface area contributed by atoms with Crippen molar-refractivity contribution in [3.8, 4) is 0 Å². The number of aliphatic hydroxyl groups excluding tert-OH is 1. The Labute approximate surface area is 74.8 Å². The molecule has 1 rings (SSSR count). The molecule has 0 radical (unpaired) electrons. The Morgan fingerprint density at radius 1 is 1.46 bits per heavy atom. The quantitative estimate of drug-likeness (QED) is 0.587. The van der Waals surface area contributed by atoms with E-state index in [0.29, 0.717) is 5.56 Å². The van der Waals surface area contributed by atoms with Gasteiger partial charge in [-0.05, 0) is 17.7 Å². The van der Waals surface area contributed by atoms with E-state index in [-0.39, 0.29) is 0 Å². The number of nitrogens with zero attached hydrogens (tertiary/aromatic N) is 1. The maximum absolute atomic E-state index is 10.4. The average Bonchev–Trinajstić information content (AvgIpc) is 2.17. The van der Waals surface area contributed by atoms with Crippen LogP contribution in [0.15, 0.2) is 24.5 Å². The van der Waals surface area contributed by atoms with Crippen LogP contribution in [-0.2, 0) is 4.79 Å². The fourth-order valence-electron chi connectivity index (χ4n) is 0.903. The van der Waals surface area contributed by atoms with Crippen molar-refractivity contribution in [1.82, 2.24) is 4.98 Å². The zero-order valence-electron chi connectivity index (χ0n) is 6.79. The molecule has 5 heteroatoms. The molecule has 70 valence electrons. The molecule has 0 aliphatic carbocycles.